The van der Waals surface area contributed by atoms with Gasteiger partial charge in [0, 0.05) is 11.3 Å². The molecule has 0 saturated carbocycles. The van der Waals surface area contributed by atoms with Crippen molar-refractivity contribution in [1.29, 1.82) is 0 Å². The Morgan fingerprint density at radius 1 is 1.07 bits per heavy atom. The number of carbonyl (C=O) groups is 2. The van der Waals surface area contributed by atoms with E-state index in [1.54, 1.807) is 0 Å². The molecule has 146 valence electrons. The minimum Gasteiger partial charge on any atom is -0.489 e. The standard InChI is InChI=1S/C22H24N2O4/c1-14(2)19-18(21(25)27-3)20(24-22(26)23-19)16-11-7-8-12-17(16)28-13-15-9-5-4-6-10-15/h4-12,14,20H,13H2,1-3H3,(H2,23,24,26). The van der Waals surface area contributed by atoms with Crippen molar-refractivity contribution in [1.82, 2.24) is 10.6 Å². The van der Waals surface area contributed by atoms with Gasteiger partial charge in [0.05, 0.1) is 18.7 Å². The van der Waals surface area contributed by atoms with Gasteiger partial charge in [-0.2, -0.15) is 0 Å². The number of methoxy groups -OCH3 is 1. The predicted octanol–water partition coefficient (Wildman–Crippen LogP) is 3.70. The summed E-state index contributed by atoms with van der Waals surface area (Å²) >= 11 is 0. The molecule has 1 aliphatic rings. The number of urea groups is 1. The Morgan fingerprint density at radius 2 is 1.75 bits per heavy atom. The molecular weight excluding hydrogens is 356 g/mol. The maximum Gasteiger partial charge on any atom is 0.337 e. The van der Waals surface area contributed by atoms with Crippen LogP contribution in [-0.4, -0.2) is 19.1 Å². The Hall–Kier alpha value is -3.28. The summed E-state index contributed by atoms with van der Waals surface area (Å²) in [5.74, 6) is 0.0576. The molecule has 0 saturated heterocycles. The predicted molar refractivity (Wildman–Crippen MR) is 106 cm³/mol. The van der Waals surface area contributed by atoms with E-state index in [-0.39, 0.29) is 11.9 Å². The molecule has 6 nitrogen and oxygen atoms in total. The summed E-state index contributed by atoms with van der Waals surface area (Å²) in [5, 5.41) is 5.58. The molecule has 2 amide bonds. The molecule has 0 aliphatic carbocycles. The van der Waals surface area contributed by atoms with Crippen LogP contribution in [0.25, 0.3) is 0 Å². The Balaban J connectivity index is 1.99. The van der Waals surface area contributed by atoms with Crippen LogP contribution in [0.4, 0.5) is 4.79 Å². The molecule has 6 heteroatoms. The van der Waals surface area contributed by atoms with Gasteiger partial charge in [-0.1, -0.05) is 62.4 Å². The molecule has 28 heavy (non-hydrogen) atoms. The summed E-state index contributed by atoms with van der Waals surface area (Å²) in [5.41, 5.74) is 2.66. The molecule has 1 heterocycles. The topological polar surface area (TPSA) is 76.7 Å². The number of hydrogen-bond donors (Lipinski definition) is 2. The summed E-state index contributed by atoms with van der Waals surface area (Å²) in [6.07, 6.45) is 0. The van der Waals surface area contributed by atoms with Crippen LogP contribution in [0.1, 0.15) is 31.0 Å². The van der Waals surface area contributed by atoms with Gasteiger partial charge >= 0.3 is 12.0 Å². The van der Waals surface area contributed by atoms with Crippen molar-refractivity contribution in [3.63, 3.8) is 0 Å². The highest BCUT2D eigenvalue weighted by molar-refractivity contribution is 5.95. The fraction of sp³-hybridized carbons (Fsp3) is 0.273. The lowest BCUT2D eigenvalue weighted by molar-refractivity contribution is -0.136. The number of benzene rings is 2. The zero-order valence-electron chi connectivity index (χ0n) is 16.2. The van der Waals surface area contributed by atoms with Gasteiger partial charge in [0.2, 0.25) is 0 Å². The quantitative estimate of drug-likeness (QED) is 0.749. The average molecular weight is 380 g/mol. The lowest BCUT2D eigenvalue weighted by atomic mass is 9.91. The Labute approximate surface area is 164 Å². The number of rotatable bonds is 6. The number of para-hydroxylation sites is 1. The van der Waals surface area contributed by atoms with Crippen LogP contribution in [0, 0.1) is 5.92 Å². The summed E-state index contributed by atoms with van der Waals surface area (Å²) in [7, 11) is 1.33. The van der Waals surface area contributed by atoms with Gasteiger partial charge in [-0.05, 0) is 17.5 Å². The first-order valence-electron chi connectivity index (χ1n) is 9.16. The second-order valence-corrected chi connectivity index (χ2v) is 6.82. The molecular formula is C22H24N2O4. The molecule has 0 fully saturated rings. The van der Waals surface area contributed by atoms with Crippen molar-refractivity contribution in [3.8, 4) is 5.75 Å². The Morgan fingerprint density at radius 3 is 2.43 bits per heavy atom. The van der Waals surface area contributed by atoms with Crippen molar-refractivity contribution < 1.29 is 19.1 Å². The van der Waals surface area contributed by atoms with Gasteiger partial charge in [0.25, 0.3) is 0 Å². The smallest absolute Gasteiger partial charge is 0.337 e. The Bertz CT molecular complexity index is 890. The van der Waals surface area contributed by atoms with E-state index in [0.29, 0.717) is 29.2 Å². The number of nitrogens with one attached hydrogen (secondary N) is 2. The number of carbonyl (C=O) groups excluding carboxylic acids is 2. The number of amides is 2. The van der Waals surface area contributed by atoms with E-state index in [1.165, 1.54) is 7.11 Å². The lowest BCUT2D eigenvalue weighted by Gasteiger charge is -2.31. The molecule has 2 aromatic carbocycles. The van der Waals surface area contributed by atoms with Crippen molar-refractivity contribution in [2.75, 3.05) is 7.11 Å². The monoisotopic (exact) mass is 380 g/mol. The molecule has 0 bridgehead atoms. The molecule has 0 aromatic heterocycles. The summed E-state index contributed by atoms with van der Waals surface area (Å²) in [6, 6.07) is 16.2. The van der Waals surface area contributed by atoms with Crippen LogP contribution < -0.4 is 15.4 Å². The number of ether oxygens (including phenoxy) is 2. The molecule has 1 aliphatic heterocycles. The van der Waals surface area contributed by atoms with Gasteiger partial charge in [0.1, 0.15) is 12.4 Å². The first kappa shape index (κ1) is 19.5. The number of esters is 1. The van der Waals surface area contributed by atoms with Crippen LogP contribution in [0.3, 0.4) is 0 Å². The van der Waals surface area contributed by atoms with Crippen LogP contribution >= 0.6 is 0 Å². The second kappa shape index (κ2) is 8.61. The average Bonchev–Trinajstić information content (AvgIpc) is 2.72. The van der Waals surface area contributed by atoms with E-state index in [4.69, 9.17) is 9.47 Å². The minimum atomic E-state index is -0.662. The SMILES string of the molecule is COC(=O)C1=C(C(C)C)NC(=O)NC1c1ccccc1OCc1ccccc1. The first-order chi connectivity index (χ1) is 13.5. The fourth-order valence-electron chi connectivity index (χ4n) is 3.20. The van der Waals surface area contributed by atoms with Gasteiger partial charge in [-0.15, -0.1) is 0 Å². The highest BCUT2D eigenvalue weighted by atomic mass is 16.5. The second-order valence-electron chi connectivity index (χ2n) is 6.82. The van der Waals surface area contributed by atoms with E-state index >= 15 is 0 Å². The molecule has 2 aromatic rings. The summed E-state index contributed by atoms with van der Waals surface area (Å²) in [6.45, 7) is 4.21. The van der Waals surface area contributed by atoms with Gasteiger partial charge in [0.15, 0.2) is 0 Å². The number of allylic oxidation sites excluding steroid dienone is 1. The van der Waals surface area contributed by atoms with E-state index in [2.05, 4.69) is 10.6 Å². The van der Waals surface area contributed by atoms with Crippen molar-refractivity contribution in [3.05, 3.63) is 77.0 Å². The zero-order valence-corrected chi connectivity index (χ0v) is 16.2. The van der Waals surface area contributed by atoms with Crippen molar-refractivity contribution >= 4 is 12.0 Å². The van der Waals surface area contributed by atoms with Crippen LogP contribution in [0.15, 0.2) is 65.9 Å². The maximum absolute atomic E-state index is 12.6. The highest BCUT2D eigenvalue weighted by Crippen LogP contribution is 2.35. The van der Waals surface area contributed by atoms with E-state index < -0.39 is 12.0 Å². The molecule has 2 N–H and O–H groups in total. The minimum absolute atomic E-state index is 0.0555. The van der Waals surface area contributed by atoms with Crippen LogP contribution in [0.5, 0.6) is 5.75 Å². The third-order valence-corrected chi connectivity index (χ3v) is 4.55. The Kier molecular flexibility index (Phi) is 5.99. The third-order valence-electron chi connectivity index (χ3n) is 4.55. The van der Waals surface area contributed by atoms with Crippen LogP contribution in [0.2, 0.25) is 0 Å². The maximum atomic E-state index is 12.6. The summed E-state index contributed by atoms with van der Waals surface area (Å²) < 4.78 is 11.0. The normalized spacial score (nSPS) is 16.4. The number of hydrogen-bond acceptors (Lipinski definition) is 4. The van der Waals surface area contributed by atoms with E-state index in [0.717, 1.165) is 5.56 Å². The third kappa shape index (κ3) is 4.17. The van der Waals surface area contributed by atoms with Gasteiger partial charge in [-0.3, -0.25) is 0 Å². The fourth-order valence-corrected chi connectivity index (χ4v) is 3.20. The molecule has 1 unspecified atom stereocenters. The van der Waals surface area contributed by atoms with Gasteiger partial charge < -0.3 is 20.1 Å². The lowest BCUT2D eigenvalue weighted by Crippen LogP contribution is -2.47. The largest absolute Gasteiger partial charge is 0.489 e. The highest BCUT2D eigenvalue weighted by Gasteiger charge is 2.35. The summed E-state index contributed by atoms with van der Waals surface area (Å²) in [4.78, 5) is 24.8. The molecule has 1 atom stereocenters. The van der Waals surface area contributed by atoms with E-state index in [1.807, 2.05) is 68.4 Å². The van der Waals surface area contributed by atoms with Crippen molar-refractivity contribution in [2.24, 2.45) is 5.92 Å². The first-order valence-corrected chi connectivity index (χ1v) is 9.16. The molecule has 0 spiro atoms. The van der Waals surface area contributed by atoms with Gasteiger partial charge in [-0.25, -0.2) is 9.59 Å². The molecule has 3 rings (SSSR count). The van der Waals surface area contributed by atoms with Crippen LogP contribution in [-0.2, 0) is 16.1 Å². The molecule has 0 radical (unpaired) electrons. The van der Waals surface area contributed by atoms with Crippen molar-refractivity contribution in [2.45, 2.75) is 26.5 Å². The van der Waals surface area contributed by atoms with E-state index in [9.17, 15) is 9.59 Å². The zero-order chi connectivity index (χ0) is 20.1.